The van der Waals surface area contributed by atoms with Gasteiger partial charge in [0, 0.05) is 28.7 Å². The summed E-state index contributed by atoms with van der Waals surface area (Å²) in [5, 5.41) is 0. The zero-order valence-electron chi connectivity index (χ0n) is 14.3. The van der Waals surface area contributed by atoms with E-state index < -0.39 is 0 Å². The first-order valence-corrected chi connectivity index (χ1v) is 9.26. The van der Waals surface area contributed by atoms with Gasteiger partial charge >= 0.3 is 0 Å². The molecule has 0 aliphatic heterocycles. The monoisotopic (exact) mass is 412 g/mol. The van der Waals surface area contributed by atoms with Gasteiger partial charge in [0.05, 0.1) is 18.8 Å². The number of aryl methyl sites for hydroxylation is 1. The zero-order valence-corrected chi connectivity index (χ0v) is 16.7. The van der Waals surface area contributed by atoms with E-state index in [1.165, 1.54) is 11.3 Å². The number of halogens is 1. The maximum Gasteiger partial charge on any atom is 0.283 e. The van der Waals surface area contributed by atoms with E-state index in [9.17, 15) is 4.79 Å². The zero-order chi connectivity index (χ0) is 17.7. The average Bonchev–Trinajstić information content (AvgIpc) is 2.81. The van der Waals surface area contributed by atoms with Crippen LogP contribution in [0, 0.1) is 13.8 Å². The van der Waals surface area contributed by atoms with Gasteiger partial charge in [-0.25, -0.2) is 0 Å². The Balaban J connectivity index is 2.47. The van der Waals surface area contributed by atoms with Gasteiger partial charge in [-0.3, -0.25) is 4.79 Å². The van der Waals surface area contributed by atoms with Crippen molar-refractivity contribution in [2.75, 3.05) is 20.3 Å². The van der Waals surface area contributed by atoms with Crippen molar-refractivity contribution in [3.05, 3.63) is 43.6 Å². The van der Waals surface area contributed by atoms with E-state index in [0.717, 1.165) is 15.0 Å². The van der Waals surface area contributed by atoms with Crippen molar-refractivity contribution in [1.82, 2.24) is 4.57 Å². The lowest BCUT2D eigenvalue weighted by Crippen LogP contribution is -2.20. The average molecular weight is 413 g/mol. The molecule has 24 heavy (non-hydrogen) atoms. The lowest BCUT2D eigenvalue weighted by Gasteiger charge is -2.08. The number of thiazole rings is 1. The quantitative estimate of drug-likeness (QED) is 0.726. The van der Waals surface area contributed by atoms with Crippen LogP contribution in [0.5, 0.6) is 5.75 Å². The fourth-order valence-corrected chi connectivity index (χ4v) is 3.59. The number of hydrogen-bond donors (Lipinski definition) is 0. The number of aromatic nitrogens is 1. The summed E-state index contributed by atoms with van der Waals surface area (Å²) in [6.07, 6.45) is 0. The molecule has 130 valence electrons. The molecule has 2 aromatic rings. The molecule has 0 unspecified atom stereocenters. The Hall–Kier alpha value is -1.44. The van der Waals surface area contributed by atoms with Crippen LogP contribution in [0.1, 0.15) is 27.9 Å². The molecule has 1 heterocycles. The number of rotatable bonds is 6. The van der Waals surface area contributed by atoms with Crippen LogP contribution in [0.4, 0.5) is 0 Å². The smallest absolute Gasteiger partial charge is 0.283 e. The minimum absolute atomic E-state index is 0.313. The Labute approximate surface area is 154 Å². The highest BCUT2D eigenvalue weighted by Gasteiger charge is 2.14. The molecule has 0 aliphatic rings. The van der Waals surface area contributed by atoms with Gasteiger partial charge in [0.1, 0.15) is 5.75 Å². The molecular formula is C17H21BrN2O3S. The van der Waals surface area contributed by atoms with Crippen LogP contribution in [-0.4, -0.2) is 30.8 Å². The molecule has 1 aromatic carbocycles. The number of carbonyl (C=O) groups is 1. The summed E-state index contributed by atoms with van der Waals surface area (Å²) in [5.41, 5.74) is 1.55. The summed E-state index contributed by atoms with van der Waals surface area (Å²) in [5.74, 6) is 0.232. The van der Waals surface area contributed by atoms with Crippen molar-refractivity contribution >= 4 is 33.2 Å². The molecule has 0 N–H and O–H groups in total. The number of hydrogen-bond acceptors (Lipinski definition) is 4. The topological polar surface area (TPSA) is 52.8 Å². The summed E-state index contributed by atoms with van der Waals surface area (Å²) in [7, 11) is 1.66. The highest BCUT2D eigenvalue weighted by molar-refractivity contribution is 9.10. The minimum atomic E-state index is -0.313. The Morgan fingerprint density at radius 3 is 2.79 bits per heavy atom. The van der Waals surface area contributed by atoms with E-state index in [4.69, 9.17) is 9.47 Å². The van der Waals surface area contributed by atoms with Gasteiger partial charge in [-0.2, -0.15) is 4.99 Å². The number of carbonyl (C=O) groups excluding carboxylic acids is 1. The number of ether oxygens (including phenoxy) is 2. The molecule has 2 rings (SSSR count). The van der Waals surface area contributed by atoms with E-state index in [2.05, 4.69) is 20.9 Å². The van der Waals surface area contributed by atoms with Crippen LogP contribution in [0.15, 0.2) is 27.7 Å². The Morgan fingerprint density at radius 1 is 1.38 bits per heavy atom. The molecule has 1 amide bonds. The summed E-state index contributed by atoms with van der Waals surface area (Å²) in [6, 6.07) is 5.36. The number of methoxy groups -OCH3 is 1. The highest BCUT2D eigenvalue weighted by Crippen LogP contribution is 2.24. The van der Waals surface area contributed by atoms with Crippen molar-refractivity contribution < 1.29 is 14.3 Å². The number of amides is 1. The first kappa shape index (κ1) is 18.9. The largest absolute Gasteiger partial charge is 0.493 e. The first-order valence-electron chi connectivity index (χ1n) is 7.65. The summed E-state index contributed by atoms with van der Waals surface area (Å²) in [4.78, 5) is 18.8. The van der Waals surface area contributed by atoms with Crippen molar-refractivity contribution in [3.8, 4) is 5.75 Å². The van der Waals surface area contributed by atoms with Gasteiger partial charge in [0.15, 0.2) is 4.80 Å². The Kier molecular flexibility index (Phi) is 6.77. The van der Waals surface area contributed by atoms with Crippen LogP contribution in [-0.2, 0) is 11.3 Å². The fraction of sp³-hybridized carbons (Fsp3) is 0.412. The number of benzene rings is 1. The third kappa shape index (κ3) is 4.34. The SMILES string of the molecule is CCOc1ccc(Br)cc1C(=O)N=c1sc(C)c(C)n1CCOC. The van der Waals surface area contributed by atoms with Crippen molar-refractivity contribution in [2.45, 2.75) is 27.3 Å². The molecule has 7 heteroatoms. The third-order valence-electron chi connectivity index (χ3n) is 3.58. The molecule has 0 saturated carbocycles. The van der Waals surface area contributed by atoms with E-state index in [1.807, 2.05) is 31.4 Å². The van der Waals surface area contributed by atoms with Gasteiger partial charge in [-0.15, -0.1) is 11.3 Å². The summed E-state index contributed by atoms with van der Waals surface area (Å²) in [6.45, 7) is 7.66. The molecule has 1 aromatic heterocycles. The van der Waals surface area contributed by atoms with Gasteiger partial charge in [-0.05, 0) is 39.0 Å². The second-order valence-corrected chi connectivity index (χ2v) is 7.26. The second kappa shape index (κ2) is 8.60. The molecule has 0 radical (unpaired) electrons. The number of nitrogens with zero attached hydrogens (tertiary/aromatic N) is 2. The minimum Gasteiger partial charge on any atom is -0.493 e. The second-order valence-electron chi connectivity index (χ2n) is 5.16. The van der Waals surface area contributed by atoms with Crippen molar-refractivity contribution in [1.29, 1.82) is 0 Å². The summed E-state index contributed by atoms with van der Waals surface area (Å²) >= 11 is 4.90. The predicted octanol–water partition coefficient (Wildman–Crippen LogP) is 3.72. The molecule has 0 atom stereocenters. The van der Waals surface area contributed by atoms with E-state index >= 15 is 0 Å². The van der Waals surface area contributed by atoms with E-state index in [1.54, 1.807) is 19.2 Å². The molecular weight excluding hydrogens is 392 g/mol. The molecule has 5 nitrogen and oxygen atoms in total. The van der Waals surface area contributed by atoms with Crippen molar-refractivity contribution in [3.63, 3.8) is 0 Å². The van der Waals surface area contributed by atoms with Crippen LogP contribution in [0.25, 0.3) is 0 Å². The van der Waals surface area contributed by atoms with Crippen LogP contribution >= 0.6 is 27.3 Å². The maximum atomic E-state index is 12.7. The summed E-state index contributed by atoms with van der Waals surface area (Å²) < 4.78 is 13.5. The standard InChI is InChI=1S/C17H21BrN2O3S/c1-5-23-15-7-6-13(18)10-14(15)16(21)19-17-20(8-9-22-4)11(2)12(3)24-17/h6-7,10H,5,8-9H2,1-4H3. The molecule has 0 fully saturated rings. The van der Waals surface area contributed by atoms with Crippen LogP contribution < -0.4 is 9.54 Å². The third-order valence-corrected chi connectivity index (χ3v) is 5.17. The van der Waals surface area contributed by atoms with E-state index in [0.29, 0.717) is 35.9 Å². The van der Waals surface area contributed by atoms with E-state index in [-0.39, 0.29) is 5.91 Å². The van der Waals surface area contributed by atoms with Gasteiger partial charge in [-0.1, -0.05) is 15.9 Å². The van der Waals surface area contributed by atoms with Gasteiger partial charge < -0.3 is 14.0 Å². The molecule has 0 aliphatic carbocycles. The fourth-order valence-electron chi connectivity index (χ4n) is 2.23. The first-order chi connectivity index (χ1) is 11.5. The van der Waals surface area contributed by atoms with Crippen LogP contribution in [0.2, 0.25) is 0 Å². The Bertz CT molecular complexity index is 796. The van der Waals surface area contributed by atoms with Gasteiger partial charge in [0.2, 0.25) is 0 Å². The molecule has 0 bridgehead atoms. The predicted molar refractivity (Wildman–Crippen MR) is 98.9 cm³/mol. The molecule has 0 spiro atoms. The van der Waals surface area contributed by atoms with Crippen LogP contribution in [0.3, 0.4) is 0 Å². The lowest BCUT2D eigenvalue weighted by atomic mass is 10.2. The highest BCUT2D eigenvalue weighted by atomic mass is 79.9. The normalized spacial score (nSPS) is 11.8. The van der Waals surface area contributed by atoms with Gasteiger partial charge in [0.25, 0.3) is 5.91 Å². The van der Waals surface area contributed by atoms with Crippen molar-refractivity contribution in [2.24, 2.45) is 4.99 Å². The maximum absolute atomic E-state index is 12.7. The lowest BCUT2D eigenvalue weighted by molar-refractivity contribution is 0.0993. The Morgan fingerprint density at radius 2 is 2.12 bits per heavy atom. The molecule has 0 saturated heterocycles.